The largest absolute Gasteiger partial charge is 0.493 e. The van der Waals surface area contributed by atoms with Gasteiger partial charge in [0.15, 0.2) is 23.0 Å². The van der Waals surface area contributed by atoms with Crippen molar-refractivity contribution in [1.29, 1.82) is 0 Å². The van der Waals surface area contributed by atoms with Crippen LogP contribution in [0, 0.1) is 0 Å². The van der Waals surface area contributed by atoms with Crippen LogP contribution in [0.5, 0.6) is 11.5 Å². The molecule has 0 bridgehead atoms. The van der Waals surface area contributed by atoms with Gasteiger partial charge in [-0.2, -0.15) is 0 Å². The summed E-state index contributed by atoms with van der Waals surface area (Å²) in [6, 6.07) is 12.4. The Labute approximate surface area is 179 Å². The first kappa shape index (κ1) is 21.6. The summed E-state index contributed by atoms with van der Waals surface area (Å²) < 4.78 is 11.5. The highest BCUT2D eigenvalue weighted by atomic mass is 16.5. The number of nitrogens with zero attached hydrogens (tertiary/aromatic N) is 3. The minimum absolute atomic E-state index is 0.00913. The number of aromatic nitrogens is 3. The van der Waals surface area contributed by atoms with E-state index in [9.17, 15) is 9.59 Å². The Bertz CT molecular complexity index is 1080. The van der Waals surface area contributed by atoms with Crippen molar-refractivity contribution in [3.8, 4) is 11.5 Å². The number of aryl methyl sites for hydroxylation is 1. The number of hydrogen-bond acceptors (Lipinski definition) is 7. The number of nitrogens with two attached hydrogens (primary N) is 1. The minimum atomic E-state index is -0.506. The molecule has 0 atom stereocenters. The van der Waals surface area contributed by atoms with Gasteiger partial charge in [-0.25, -0.2) is 4.68 Å². The van der Waals surface area contributed by atoms with Gasteiger partial charge < -0.3 is 25.8 Å². The number of nitrogens with one attached hydrogen (secondary N) is 2. The summed E-state index contributed by atoms with van der Waals surface area (Å²) in [6.45, 7) is 1.83. The van der Waals surface area contributed by atoms with Crippen LogP contribution in [0.4, 0.5) is 17.2 Å². The van der Waals surface area contributed by atoms with Crippen molar-refractivity contribution in [2.45, 2.75) is 19.9 Å². The Kier molecular flexibility index (Phi) is 6.71. The molecule has 0 radical (unpaired) electrons. The number of anilines is 3. The summed E-state index contributed by atoms with van der Waals surface area (Å²) in [7, 11) is 3.03. The first-order chi connectivity index (χ1) is 14.9. The number of amides is 2. The van der Waals surface area contributed by atoms with Crippen molar-refractivity contribution in [2.75, 3.05) is 30.6 Å². The van der Waals surface area contributed by atoms with Crippen molar-refractivity contribution in [3.63, 3.8) is 0 Å². The van der Waals surface area contributed by atoms with Gasteiger partial charge in [0.1, 0.15) is 6.54 Å². The van der Waals surface area contributed by atoms with Crippen LogP contribution in [0.2, 0.25) is 0 Å². The number of carbonyl (C=O) groups is 2. The molecule has 10 nitrogen and oxygen atoms in total. The van der Waals surface area contributed by atoms with Crippen molar-refractivity contribution in [1.82, 2.24) is 15.0 Å². The monoisotopic (exact) mass is 424 g/mol. The Morgan fingerprint density at radius 3 is 2.32 bits per heavy atom. The molecule has 1 heterocycles. The van der Waals surface area contributed by atoms with E-state index >= 15 is 0 Å². The average molecular weight is 424 g/mol. The molecule has 3 aromatic rings. The van der Waals surface area contributed by atoms with E-state index in [1.54, 1.807) is 30.3 Å². The Morgan fingerprint density at radius 1 is 1.00 bits per heavy atom. The van der Waals surface area contributed by atoms with Gasteiger partial charge in [-0.05, 0) is 36.2 Å². The Hall–Kier alpha value is -4.08. The number of benzene rings is 2. The standard InChI is InChI=1S/C21H24N6O4/c1-4-13-5-7-14(8-6-13)24-21(29)19-20(22)27(26-25-19)12-18(28)23-15-9-10-16(30-2)17(11-15)31-3/h5-11H,4,12,22H2,1-3H3,(H,23,28)(H,24,29). The predicted molar refractivity (Wildman–Crippen MR) is 116 cm³/mol. The SMILES string of the molecule is CCc1ccc(NC(=O)c2nnn(CC(=O)Nc3ccc(OC)c(OC)c3)c2N)cc1. The first-order valence-electron chi connectivity index (χ1n) is 9.56. The lowest BCUT2D eigenvalue weighted by Crippen LogP contribution is -2.21. The van der Waals surface area contributed by atoms with Crippen LogP contribution >= 0.6 is 0 Å². The summed E-state index contributed by atoms with van der Waals surface area (Å²) in [5, 5.41) is 13.1. The topological polar surface area (TPSA) is 133 Å². The van der Waals surface area contributed by atoms with Gasteiger partial charge >= 0.3 is 0 Å². The van der Waals surface area contributed by atoms with Gasteiger partial charge in [0.2, 0.25) is 5.91 Å². The van der Waals surface area contributed by atoms with Crippen molar-refractivity contribution < 1.29 is 19.1 Å². The summed E-state index contributed by atoms with van der Waals surface area (Å²) in [5.74, 6) is 0.108. The summed E-state index contributed by atoms with van der Waals surface area (Å²) >= 11 is 0. The molecule has 0 aliphatic heterocycles. The molecule has 0 unspecified atom stereocenters. The molecule has 0 saturated carbocycles. The van der Waals surface area contributed by atoms with E-state index < -0.39 is 11.8 Å². The smallest absolute Gasteiger partial charge is 0.280 e. The van der Waals surface area contributed by atoms with Gasteiger partial charge in [-0.1, -0.05) is 24.3 Å². The van der Waals surface area contributed by atoms with Crippen LogP contribution in [-0.2, 0) is 17.8 Å². The van der Waals surface area contributed by atoms with E-state index in [4.69, 9.17) is 15.2 Å². The summed E-state index contributed by atoms with van der Waals surface area (Å²) in [6.07, 6.45) is 0.904. The maximum Gasteiger partial charge on any atom is 0.280 e. The third-order valence-electron chi connectivity index (χ3n) is 4.57. The molecule has 3 rings (SSSR count). The van der Waals surface area contributed by atoms with Crippen molar-refractivity contribution >= 4 is 29.0 Å². The maximum absolute atomic E-state index is 12.5. The van der Waals surface area contributed by atoms with Crippen LogP contribution in [0.25, 0.3) is 0 Å². The fourth-order valence-electron chi connectivity index (χ4n) is 2.86. The van der Waals surface area contributed by atoms with E-state index in [0.717, 1.165) is 16.7 Å². The van der Waals surface area contributed by atoms with Crippen LogP contribution in [-0.4, -0.2) is 41.0 Å². The molecule has 4 N–H and O–H groups in total. The van der Waals surface area contributed by atoms with E-state index in [0.29, 0.717) is 22.9 Å². The van der Waals surface area contributed by atoms with Crippen LogP contribution < -0.4 is 25.8 Å². The van der Waals surface area contributed by atoms with Crippen molar-refractivity contribution in [3.05, 3.63) is 53.7 Å². The van der Waals surface area contributed by atoms with E-state index in [-0.39, 0.29) is 18.1 Å². The summed E-state index contributed by atoms with van der Waals surface area (Å²) in [4.78, 5) is 24.9. The van der Waals surface area contributed by atoms with E-state index in [1.807, 2.05) is 19.1 Å². The minimum Gasteiger partial charge on any atom is -0.493 e. The van der Waals surface area contributed by atoms with Crippen molar-refractivity contribution in [2.24, 2.45) is 0 Å². The van der Waals surface area contributed by atoms with E-state index in [2.05, 4.69) is 20.9 Å². The predicted octanol–water partition coefficient (Wildman–Crippen LogP) is 2.33. The highest BCUT2D eigenvalue weighted by Gasteiger charge is 2.19. The molecule has 0 spiro atoms. The van der Waals surface area contributed by atoms with Gasteiger partial charge in [-0.15, -0.1) is 5.10 Å². The van der Waals surface area contributed by atoms with Crippen LogP contribution in [0.3, 0.4) is 0 Å². The third-order valence-corrected chi connectivity index (χ3v) is 4.57. The molecule has 1 aromatic heterocycles. The molecule has 0 aliphatic rings. The van der Waals surface area contributed by atoms with Crippen LogP contribution in [0.15, 0.2) is 42.5 Å². The molecule has 0 fully saturated rings. The Morgan fingerprint density at radius 2 is 1.68 bits per heavy atom. The molecular formula is C21H24N6O4. The zero-order valence-corrected chi connectivity index (χ0v) is 17.5. The lowest BCUT2D eigenvalue weighted by molar-refractivity contribution is -0.116. The third kappa shape index (κ3) is 5.10. The number of methoxy groups -OCH3 is 2. The quantitative estimate of drug-likeness (QED) is 0.505. The van der Waals surface area contributed by atoms with Gasteiger partial charge in [0.05, 0.1) is 14.2 Å². The maximum atomic E-state index is 12.5. The molecule has 0 aliphatic carbocycles. The van der Waals surface area contributed by atoms with Crippen LogP contribution in [0.1, 0.15) is 23.0 Å². The zero-order chi connectivity index (χ0) is 22.4. The van der Waals surface area contributed by atoms with Gasteiger partial charge in [0.25, 0.3) is 5.91 Å². The summed E-state index contributed by atoms with van der Waals surface area (Å²) in [5.41, 5.74) is 8.21. The van der Waals surface area contributed by atoms with E-state index in [1.165, 1.54) is 14.2 Å². The fourth-order valence-corrected chi connectivity index (χ4v) is 2.86. The highest BCUT2D eigenvalue weighted by Crippen LogP contribution is 2.29. The molecule has 0 saturated heterocycles. The number of rotatable bonds is 8. The number of carbonyl (C=O) groups excluding carboxylic acids is 2. The first-order valence-corrected chi connectivity index (χ1v) is 9.56. The number of ether oxygens (including phenoxy) is 2. The normalized spacial score (nSPS) is 10.4. The zero-order valence-electron chi connectivity index (χ0n) is 17.5. The second-order valence-corrected chi connectivity index (χ2v) is 6.60. The second kappa shape index (κ2) is 9.61. The molecule has 2 aromatic carbocycles. The molecule has 162 valence electrons. The number of nitrogen functional groups attached to an aromatic ring is 1. The average Bonchev–Trinajstić information content (AvgIpc) is 3.14. The molecule has 2 amide bonds. The van der Waals surface area contributed by atoms with Gasteiger partial charge in [0, 0.05) is 17.4 Å². The van der Waals surface area contributed by atoms with Gasteiger partial charge in [-0.3, -0.25) is 9.59 Å². The fraction of sp³-hybridized carbons (Fsp3) is 0.238. The Balaban J connectivity index is 1.65. The lowest BCUT2D eigenvalue weighted by atomic mass is 10.1. The lowest BCUT2D eigenvalue weighted by Gasteiger charge is -2.11. The molecular weight excluding hydrogens is 400 g/mol. The molecule has 10 heteroatoms. The number of hydrogen-bond donors (Lipinski definition) is 3. The molecule has 31 heavy (non-hydrogen) atoms. The second-order valence-electron chi connectivity index (χ2n) is 6.60. The highest BCUT2D eigenvalue weighted by molar-refractivity contribution is 6.05.